The van der Waals surface area contributed by atoms with Crippen LogP contribution in [-0.2, 0) is 14.4 Å². The van der Waals surface area contributed by atoms with Crippen LogP contribution in [0.1, 0.15) is 20.3 Å². The van der Waals surface area contributed by atoms with Crippen molar-refractivity contribution in [2.45, 2.75) is 20.3 Å². The third-order valence-electron chi connectivity index (χ3n) is 1.18. The van der Waals surface area contributed by atoms with Gasteiger partial charge in [-0.1, -0.05) is 23.4 Å². The lowest BCUT2D eigenvalue weighted by molar-refractivity contribution is 0.343. The molecule has 0 aromatic heterocycles. The number of nitrogens with zero attached hydrogens (tertiary/aromatic N) is 1. The van der Waals surface area contributed by atoms with Crippen molar-refractivity contribution in [3.8, 4) is 0 Å². The zero-order valence-corrected chi connectivity index (χ0v) is 9.41. The number of rotatable bonds is 5. The second kappa shape index (κ2) is 6.37. The van der Waals surface area contributed by atoms with Gasteiger partial charge in [0, 0.05) is 0 Å². The summed E-state index contributed by atoms with van der Waals surface area (Å²) in [7, 11) is -3.49. The molecule has 5 heteroatoms. The van der Waals surface area contributed by atoms with Gasteiger partial charge in [-0.2, -0.15) is 8.42 Å². The fourth-order valence-electron chi connectivity index (χ4n) is 0.610. The molecule has 0 amide bonds. The predicted molar refractivity (Wildman–Crippen MR) is 57.6 cm³/mol. The molecule has 0 saturated carbocycles. The van der Waals surface area contributed by atoms with Crippen molar-refractivity contribution in [2.24, 2.45) is 5.16 Å². The second-order valence-corrected chi connectivity index (χ2v) is 4.28. The van der Waals surface area contributed by atoms with Crippen LogP contribution < -0.4 is 0 Å². The summed E-state index contributed by atoms with van der Waals surface area (Å²) in [5.74, 6) is 0. The summed E-state index contributed by atoms with van der Waals surface area (Å²) in [6.07, 6.45) is 9.22. The Balaban J connectivity index is 4.07. The average molecular weight is 217 g/mol. The molecule has 0 aliphatic carbocycles. The van der Waals surface area contributed by atoms with E-state index in [0.717, 1.165) is 12.7 Å². The minimum absolute atomic E-state index is 0.514. The highest BCUT2D eigenvalue weighted by Crippen LogP contribution is 1.92. The Morgan fingerprint density at radius 2 is 2.07 bits per heavy atom. The quantitative estimate of drug-likeness (QED) is 0.401. The van der Waals surface area contributed by atoms with Gasteiger partial charge < -0.3 is 0 Å². The largest absolute Gasteiger partial charge is 0.325 e. The van der Waals surface area contributed by atoms with Gasteiger partial charge in [0.25, 0.3) is 0 Å². The van der Waals surface area contributed by atoms with Gasteiger partial charge in [0.15, 0.2) is 0 Å². The summed E-state index contributed by atoms with van der Waals surface area (Å²) in [6.45, 7) is 3.60. The Morgan fingerprint density at radius 1 is 1.43 bits per heavy atom. The molecular weight excluding hydrogens is 202 g/mol. The van der Waals surface area contributed by atoms with Gasteiger partial charge in [-0.15, -0.1) is 0 Å². The standard InChI is InChI=1S/C9H15NO3S/c1-4-5-6-7-8-9(2)10-13-14(3,11)12/h4-5,7-8H,6H2,1-3H3/b5-4+,8-7-,10-9+. The SMILES string of the molecule is C/C=C/C/C=C\C(C)=N\OS(C)(=O)=O. The van der Waals surface area contributed by atoms with Gasteiger partial charge in [0.05, 0.1) is 12.0 Å². The monoisotopic (exact) mass is 217 g/mol. The van der Waals surface area contributed by atoms with Crippen LogP contribution in [-0.4, -0.2) is 20.4 Å². The van der Waals surface area contributed by atoms with E-state index in [9.17, 15) is 8.42 Å². The lowest BCUT2D eigenvalue weighted by Crippen LogP contribution is -1.98. The van der Waals surface area contributed by atoms with E-state index in [4.69, 9.17) is 0 Å². The number of hydrogen-bond donors (Lipinski definition) is 0. The van der Waals surface area contributed by atoms with E-state index in [0.29, 0.717) is 5.71 Å². The highest BCUT2D eigenvalue weighted by molar-refractivity contribution is 7.85. The first-order valence-corrected chi connectivity index (χ1v) is 5.98. The first-order chi connectivity index (χ1) is 6.45. The van der Waals surface area contributed by atoms with Gasteiger partial charge in [-0.05, 0) is 26.3 Å². The Labute approximate surface area is 85.1 Å². The summed E-state index contributed by atoms with van der Waals surface area (Å²) in [5.41, 5.74) is 0.514. The molecule has 0 radical (unpaired) electrons. The van der Waals surface area contributed by atoms with Crippen LogP contribution >= 0.6 is 0 Å². The van der Waals surface area contributed by atoms with Crippen molar-refractivity contribution in [3.63, 3.8) is 0 Å². The smallest absolute Gasteiger partial charge is 0.268 e. The highest BCUT2D eigenvalue weighted by atomic mass is 32.2. The number of oxime groups is 1. The molecule has 4 nitrogen and oxygen atoms in total. The molecule has 0 spiro atoms. The van der Waals surface area contributed by atoms with E-state index >= 15 is 0 Å². The van der Waals surface area contributed by atoms with Crippen LogP contribution in [0.5, 0.6) is 0 Å². The van der Waals surface area contributed by atoms with E-state index in [-0.39, 0.29) is 0 Å². The molecule has 0 saturated heterocycles. The second-order valence-electron chi connectivity index (χ2n) is 2.72. The molecule has 0 bridgehead atoms. The first kappa shape index (κ1) is 12.9. The average Bonchev–Trinajstić information content (AvgIpc) is 2.08. The third-order valence-corrected chi connectivity index (χ3v) is 1.53. The van der Waals surface area contributed by atoms with Crippen molar-refractivity contribution < 1.29 is 12.7 Å². The van der Waals surface area contributed by atoms with Crippen molar-refractivity contribution in [1.82, 2.24) is 0 Å². The first-order valence-electron chi connectivity index (χ1n) is 4.16. The maximum atomic E-state index is 10.5. The Kier molecular flexibility index (Phi) is 5.87. The van der Waals surface area contributed by atoms with Gasteiger partial charge in [0.1, 0.15) is 0 Å². The topological polar surface area (TPSA) is 55.7 Å². The molecule has 0 aromatic rings. The fraction of sp³-hybridized carbons (Fsp3) is 0.444. The molecule has 0 N–H and O–H groups in total. The Bertz CT molecular complexity index is 339. The summed E-state index contributed by atoms with van der Waals surface area (Å²) < 4.78 is 25.3. The van der Waals surface area contributed by atoms with Crippen molar-refractivity contribution in [2.75, 3.05) is 6.26 Å². The molecule has 0 heterocycles. The summed E-state index contributed by atoms with van der Waals surface area (Å²) in [6, 6.07) is 0. The van der Waals surface area contributed by atoms with Gasteiger partial charge >= 0.3 is 10.1 Å². The van der Waals surface area contributed by atoms with E-state index in [2.05, 4.69) is 9.44 Å². The molecule has 0 unspecified atom stereocenters. The molecular formula is C9H15NO3S. The van der Waals surface area contributed by atoms with Crippen LogP contribution in [0, 0.1) is 0 Å². The van der Waals surface area contributed by atoms with Crippen molar-refractivity contribution in [3.05, 3.63) is 24.3 Å². The van der Waals surface area contributed by atoms with Crippen LogP contribution in [0.25, 0.3) is 0 Å². The van der Waals surface area contributed by atoms with Gasteiger partial charge in [0.2, 0.25) is 0 Å². The Hall–Kier alpha value is -1.10. The minimum Gasteiger partial charge on any atom is -0.268 e. The number of allylic oxidation sites excluding steroid dienone is 4. The van der Waals surface area contributed by atoms with E-state index < -0.39 is 10.1 Å². The lowest BCUT2D eigenvalue weighted by atomic mass is 10.3. The molecule has 0 aliphatic rings. The van der Waals surface area contributed by atoms with E-state index in [1.807, 2.05) is 25.2 Å². The molecule has 0 fully saturated rings. The zero-order chi connectivity index (χ0) is 11.0. The van der Waals surface area contributed by atoms with Gasteiger partial charge in [-0.25, -0.2) is 0 Å². The van der Waals surface area contributed by atoms with E-state index in [1.54, 1.807) is 13.0 Å². The molecule has 0 aromatic carbocycles. The maximum absolute atomic E-state index is 10.5. The van der Waals surface area contributed by atoms with E-state index in [1.165, 1.54) is 0 Å². The molecule has 0 rings (SSSR count). The third kappa shape index (κ3) is 8.99. The molecule has 80 valence electrons. The van der Waals surface area contributed by atoms with Crippen LogP contribution in [0.4, 0.5) is 0 Å². The number of hydrogen-bond acceptors (Lipinski definition) is 4. The highest BCUT2D eigenvalue weighted by Gasteiger charge is 1.98. The fourth-order valence-corrected chi connectivity index (χ4v) is 0.863. The normalized spacial score (nSPS) is 14.1. The van der Waals surface area contributed by atoms with Crippen molar-refractivity contribution >= 4 is 15.8 Å². The maximum Gasteiger partial charge on any atom is 0.325 e. The summed E-state index contributed by atoms with van der Waals surface area (Å²) in [5, 5.41) is 3.41. The molecule has 14 heavy (non-hydrogen) atoms. The van der Waals surface area contributed by atoms with Crippen LogP contribution in [0.15, 0.2) is 29.5 Å². The van der Waals surface area contributed by atoms with Crippen LogP contribution in [0.3, 0.4) is 0 Å². The summed E-state index contributed by atoms with van der Waals surface area (Å²) in [4.78, 5) is 0. The van der Waals surface area contributed by atoms with Gasteiger partial charge in [-0.3, -0.25) is 4.28 Å². The molecule has 0 aliphatic heterocycles. The lowest BCUT2D eigenvalue weighted by Gasteiger charge is -1.93. The van der Waals surface area contributed by atoms with Crippen LogP contribution in [0.2, 0.25) is 0 Å². The molecule has 0 atom stereocenters. The predicted octanol–water partition coefficient (Wildman–Crippen LogP) is 1.86. The summed E-state index contributed by atoms with van der Waals surface area (Å²) >= 11 is 0. The van der Waals surface area contributed by atoms with Crippen molar-refractivity contribution in [1.29, 1.82) is 0 Å². The minimum atomic E-state index is -3.49. The Morgan fingerprint density at radius 3 is 2.57 bits per heavy atom. The zero-order valence-electron chi connectivity index (χ0n) is 8.60.